The molecule has 0 spiro atoms. The van der Waals surface area contributed by atoms with Gasteiger partial charge < -0.3 is 20.8 Å². The number of benzene rings is 2. The third-order valence-corrected chi connectivity index (χ3v) is 7.03. The van der Waals surface area contributed by atoms with Crippen molar-refractivity contribution in [2.24, 2.45) is 5.92 Å². The van der Waals surface area contributed by atoms with Gasteiger partial charge in [0.15, 0.2) is 0 Å². The monoisotopic (exact) mass is 597 g/mol. The number of amides is 2. The van der Waals surface area contributed by atoms with Gasteiger partial charge in [-0.15, -0.1) is 0 Å². The molecule has 0 saturated carbocycles. The average Bonchev–Trinajstić information content (AvgIpc) is 2.89. The summed E-state index contributed by atoms with van der Waals surface area (Å²) in [4.78, 5) is 13.9. The summed E-state index contributed by atoms with van der Waals surface area (Å²) >= 11 is 0. The third kappa shape index (κ3) is 8.07. The lowest BCUT2D eigenvalue weighted by atomic mass is 9.89. The summed E-state index contributed by atoms with van der Waals surface area (Å²) in [5.41, 5.74) is -6.91. The number of likely N-dealkylation sites (tertiary alicyclic amines) is 1. The summed E-state index contributed by atoms with van der Waals surface area (Å²) < 4.78 is 106. The molecule has 228 valence electrons. The van der Waals surface area contributed by atoms with Crippen molar-refractivity contribution < 1.29 is 50.1 Å². The first-order valence-electron chi connectivity index (χ1n) is 12.7. The lowest BCUT2D eigenvalue weighted by Gasteiger charge is -2.33. The molecule has 2 amide bonds. The van der Waals surface area contributed by atoms with Crippen LogP contribution in [0, 0.1) is 11.7 Å². The van der Waals surface area contributed by atoms with Crippen LogP contribution >= 0.6 is 0 Å². The molecule has 1 atom stereocenters. The molecule has 2 aromatic rings. The normalized spacial score (nSPS) is 17.2. The molecule has 1 saturated heterocycles. The van der Waals surface area contributed by atoms with Crippen LogP contribution in [0.4, 0.5) is 45.6 Å². The number of halogens is 8. The number of hydrogen-bond acceptors (Lipinski definition) is 4. The van der Waals surface area contributed by atoms with Gasteiger partial charge in [-0.1, -0.05) is 30.3 Å². The van der Waals surface area contributed by atoms with Crippen LogP contribution in [0.15, 0.2) is 42.5 Å². The van der Waals surface area contributed by atoms with Gasteiger partial charge in [0.05, 0.1) is 12.2 Å². The second-order valence-electron chi connectivity index (χ2n) is 10.6. The summed E-state index contributed by atoms with van der Waals surface area (Å²) in [6.45, 7) is 1.27. The molecule has 3 rings (SSSR count). The Morgan fingerprint density at radius 3 is 2.02 bits per heavy atom. The largest absolute Gasteiger partial charge is 0.430 e. The minimum atomic E-state index is -5.94. The molecule has 0 aromatic heterocycles. The Hall–Kier alpha value is -2.97. The molecule has 1 fully saturated rings. The maximum Gasteiger partial charge on any atom is 0.430 e. The highest BCUT2D eigenvalue weighted by molar-refractivity contribution is 5.89. The van der Waals surface area contributed by atoms with Crippen molar-refractivity contribution in [3.63, 3.8) is 0 Å². The van der Waals surface area contributed by atoms with Crippen molar-refractivity contribution in [3.05, 3.63) is 65.0 Å². The second-order valence-corrected chi connectivity index (χ2v) is 10.6. The van der Waals surface area contributed by atoms with Gasteiger partial charge in [0.25, 0.3) is 5.60 Å². The number of piperidine rings is 1. The number of urea groups is 1. The number of rotatable bonds is 9. The van der Waals surface area contributed by atoms with Gasteiger partial charge in [0.2, 0.25) is 0 Å². The molecule has 4 N–H and O–H groups in total. The van der Waals surface area contributed by atoms with E-state index in [1.54, 1.807) is 6.07 Å². The molecule has 14 heteroatoms. The minimum absolute atomic E-state index is 0.0871. The van der Waals surface area contributed by atoms with Crippen LogP contribution in [0.3, 0.4) is 0 Å². The molecule has 1 aliphatic rings. The fraction of sp³-hybridized carbons (Fsp3) is 0.519. The quantitative estimate of drug-likeness (QED) is 0.291. The fourth-order valence-corrected chi connectivity index (χ4v) is 4.55. The summed E-state index contributed by atoms with van der Waals surface area (Å²) in [6, 6.07) is 7.08. The number of hydrogen-bond donors (Lipinski definition) is 4. The molecule has 0 bridgehead atoms. The Labute approximate surface area is 231 Å². The molecule has 0 radical (unpaired) electrons. The number of anilines is 1. The van der Waals surface area contributed by atoms with E-state index in [-0.39, 0.29) is 18.2 Å². The Bertz CT molecular complexity index is 1160. The molecule has 0 aliphatic carbocycles. The van der Waals surface area contributed by atoms with E-state index < -0.39 is 47.6 Å². The molecular formula is C27H31F8N3O3. The standard InChI is InChI=1S/C27H31F8N3O3/c1-24(40,15-28)16-36-23(39)37-22-7-4-19(13-21(22)29)12-17-8-10-38(11-9-17)14-18-2-5-20(6-3-18)25(41,26(30,31)32)27(33,34)35/h2-7,13,17,40-41H,8-12,14-16H2,1H3,(H2,36,37,39). The van der Waals surface area contributed by atoms with Crippen LogP contribution < -0.4 is 10.6 Å². The summed E-state index contributed by atoms with van der Waals surface area (Å²) in [6.07, 6.45) is -9.89. The van der Waals surface area contributed by atoms with Crippen LogP contribution in [-0.4, -0.2) is 65.4 Å². The smallest absolute Gasteiger partial charge is 0.386 e. The van der Waals surface area contributed by atoms with Gasteiger partial charge in [-0.3, -0.25) is 4.90 Å². The molecule has 1 unspecified atom stereocenters. The van der Waals surface area contributed by atoms with E-state index >= 15 is 0 Å². The van der Waals surface area contributed by atoms with E-state index in [1.165, 1.54) is 19.1 Å². The molecular weight excluding hydrogens is 566 g/mol. The lowest BCUT2D eigenvalue weighted by molar-refractivity contribution is -0.376. The molecule has 2 aromatic carbocycles. The Kier molecular flexibility index (Phi) is 9.92. The number of carbonyl (C=O) groups is 1. The van der Waals surface area contributed by atoms with E-state index in [4.69, 9.17) is 0 Å². The highest BCUT2D eigenvalue weighted by atomic mass is 19.4. The molecule has 6 nitrogen and oxygen atoms in total. The van der Waals surface area contributed by atoms with Gasteiger partial charge in [-0.25, -0.2) is 13.6 Å². The van der Waals surface area contributed by atoms with Gasteiger partial charge in [-0.2, -0.15) is 26.3 Å². The maximum absolute atomic E-state index is 14.5. The predicted molar refractivity (Wildman–Crippen MR) is 134 cm³/mol. The Morgan fingerprint density at radius 1 is 0.951 bits per heavy atom. The zero-order chi connectivity index (χ0) is 30.6. The molecule has 1 aliphatic heterocycles. The highest BCUT2D eigenvalue weighted by Gasteiger charge is 2.71. The lowest BCUT2D eigenvalue weighted by Crippen LogP contribution is -2.53. The SMILES string of the molecule is CC(O)(CF)CNC(=O)Nc1ccc(CC2CCN(Cc3ccc(C(O)(C(F)(F)F)C(F)(F)F)cc3)CC2)cc1F. The predicted octanol–water partition coefficient (Wildman–Crippen LogP) is 5.43. The number of alkyl halides is 7. The first kappa shape index (κ1) is 32.5. The topological polar surface area (TPSA) is 84.8 Å². The maximum atomic E-state index is 14.5. The van der Waals surface area contributed by atoms with Crippen molar-refractivity contribution in [2.45, 2.75) is 56.3 Å². The van der Waals surface area contributed by atoms with Crippen molar-refractivity contribution in [2.75, 3.05) is 31.6 Å². The summed E-state index contributed by atoms with van der Waals surface area (Å²) in [7, 11) is 0. The average molecular weight is 598 g/mol. The zero-order valence-corrected chi connectivity index (χ0v) is 22.0. The van der Waals surface area contributed by atoms with Crippen molar-refractivity contribution in [3.8, 4) is 0 Å². The Balaban J connectivity index is 1.51. The number of aliphatic hydroxyl groups is 2. The van der Waals surface area contributed by atoms with Gasteiger partial charge in [0.1, 0.15) is 18.1 Å². The first-order valence-corrected chi connectivity index (χ1v) is 12.7. The molecule has 41 heavy (non-hydrogen) atoms. The Morgan fingerprint density at radius 2 is 1.51 bits per heavy atom. The van der Waals surface area contributed by atoms with E-state index in [2.05, 4.69) is 10.6 Å². The van der Waals surface area contributed by atoms with Crippen LogP contribution in [0.5, 0.6) is 0 Å². The van der Waals surface area contributed by atoms with Crippen molar-refractivity contribution in [1.82, 2.24) is 10.2 Å². The number of nitrogens with zero attached hydrogens (tertiary/aromatic N) is 1. The van der Waals surface area contributed by atoms with Crippen LogP contribution in [0.25, 0.3) is 0 Å². The van der Waals surface area contributed by atoms with Crippen LogP contribution in [0.2, 0.25) is 0 Å². The van der Waals surface area contributed by atoms with E-state index in [0.29, 0.717) is 49.3 Å². The van der Waals surface area contributed by atoms with Crippen molar-refractivity contribution in [1.29, 1.82) is 0 Å². The first-order chi connectivity index (χ1) is 18.9. The van der Waals surface area contributed by atoms with E-state index in [1.807, 2.05) is 4.90 Å². The van der Waals surface area contributed by atoms with Crippen LogP contribution in [-0.2, 0) is 18.6 Å². The van der Waals surface area contributed by atoms with Gasteiger partial charge >= 0.3 is 18.4 Å². The van der Waals surface area contributed by atoms with E-state index in [0.717, 1.165) is 25.0 Å². The second kappa shape index (κ2) is 12.5. The van der Waals surface area contributed by atoms with Gasteiger partial charge in [-0.05, 0) is 68.5 Å². The summed E-state index contributed by atoms with van der Waals surface area (Å²) in [5.74, 6) is -0.467. The van der Waals surface area contributed by atoms with Gasteiger partial charge in [0, 0.05) is 12.1 Å². The highest BCUT2D eigenvalue weighted by Crippen LogP contribution is 2.50. The number of nitrogens with one attached hydrogen (secondary N) is 2. The van der Waals surface area contributed by atoms with Crippen LogP contribution in [0.1, 0.15) is 36.5 Å². The zero-order valence-electron chi connectivity index (χ0n) is 22.0. The molecule has 1 heterocycles. The summed E-state index contributed by atoms with van der Waals surface area (Å²) in [5, 5.41) is 23.7. The minimum Gasteiger partial charge on any atom is -0.386 e. The van der Waals surface area contributed by atoms with Crippen molar-refractivity contribution >= 4 is 11.7 Å². The fourth-order valence-electron chi connectivity index (χ4n) is 4.55. The van der Waals surface area contributed by atoms with E-state index in [9.17, 15) is 50.1 Å². The third-order valence-electron chi connectivity index (χ3n) is 7.03. The number of carbonyl (C=O) groups excluding carboxylic acids is 1.